The molecule has 1 unspecified atom stereocenters. The van der Waals surface area contributed by atoms with Crippen molar-refractivity contribution in [3.63, 3.8) is 0 Å². The van der Waals surface area contributed by atoms with Gasteiger partial charge in [-0.25, -0.2) is 0 Å². The lowest BCUT2D eigenvalue weighted by atomic mass is 9.94. The number of fused-ring (bicyclic) bond motifs is 1. The van der Waals surface area contributed by atoms with Gasteiger partial charge in [-0.1, -0.05) is 24.3 Å². The Morgan fingerprint density at radius 3 is 2.92 bits per heavy atom. The number of hydrogen-bond donors (Lipinski definition) is 0. The van der Waals surface area contributed by atoms with Crippen LogP contribution in [-0.4, -0.2) is 12.5 Å². The predicted molar refractivity (Wildman–Crippen MR) is 47.5 cm³/mol. The zero-order valence-corrected chi connectivity index (χ0v) is 6.82. The van der Waals surface area contributed by atoms with Crippen LogP contribution in [0.3, 0.4) is 0 Å². The number of carbonyl (C=O) groups excluding carboxylic acids is 1. The maximum Gasteiger partial charge on any atom is 0.151 e. The van der Waals surface area contributed by atoms with Crippen molar-refractivity contribution in [2.24, 2.45) is 4.99 Å². The van der Waals surface area contributed by atoms with Crippen molar-refractivity contribution in [3.05, 3.63) is 35.4 Å². The molecule has 1 heterocycles. The van der Waals surface area contributed by atoms with Crippen LogP contribution in [0.2, 0.25) is 0 Å². The van der Waals surface area contributed by atoms with E-state index in [0.717, 1.165) is 17.4 Å². The Morgan fingerprint density at radius 1 is 1.42 bits per heavy atom. The Kier molecular flexibility index (Phi) is 1.37. The molecule has 0 bridgehead atoms. The molecule has 1 aliphatic rings. The van der Waals surface area contributed by atoms with Crippen LogP contribution in [-0.2, 0) is 10.3 Å². The van der Waals surface area contributed by atoms with Crippen LogP contribution in [0.5, 0.6) is 0 Å². The molecule has 1 aliphatic heterocycles. The lowest BCUT2D eigenvalue weighted by Crippen LogP contribution is -2.17. The van der Waals surface area contributed by atoms with Crippen molar-refractivity contribution in [2.75, 3.05) is 0 Å². The SMILES string of the molecule is CC1(C=O)N=Cc2ccccc21. The van der Waals surface area contributed by atoms with E-state index in [9.17, 15) is 4.79 Å². The van der Waals surface area contributed by atoms with Gasteiger partial charge < -0.3 is 4.79 Å². The third-order valence-electron chi connectivity index (χ3n) is 2.21. The summed E-state index contributed by atoms with van der Waals surface area (Å²) < 4.78 is 0. The van der Waals surface area contributed by atoms with Gasteiger partial charge in [0.1, 0.15) is 5.54 Å². The van der Waals surface area contributed by atoms with Gasteiger partial charge in [0.2, 0.25) is 0 Å². The molecule has 60 valence electrons. The van der Waals surface area contributed by atoms with Gasteiger partial charge >= 0.3 is 0 Å². The van der Waals surface area contributed by atoms with Crippen LogP contribution >= 0.6 is 0 Å². The molecule has 1 atom stereocenters. The molecule has 0 amide bonds. The van der Waals surface area contributed by atoms with E-state index in [1.54, 1.807) is 6.21 Å². The first kappa shape index (κ1) is 7.22. The van der Waals surface area contributed by atoms with Gasteiger partial charge in [-0.3, -0.25) is 4.99 Å². The first-order valence-corrected chi connectivity index (χ1v) is 3.87. The molecular formula is C10H9NO. The largest absolute Gasteiger partial charge is 0.300 e. The van der Waals surface area contributed by atoms with E-state index in [1.165, 1.54) is 0 Å². The minimum Gasteiger partial charge on any atom is -0.300 e. The number of nitrogens with zero attached hydrogens (tertiary/aromatic N) is 1. The van der Waals surface area contributed by atoms with E-state index < -0.39 is 5.54 Å². The van der Waals surface area contributed by atoms with Gasteiger partial charge in [-0.05, 0) is 18.1 Å². The highest BCUT2D eigenvalue weighted by Gasteiger charge is 2.30. The zero-order chi connectivity index (χ0) is 8.60. The minimum absolute atomic E-state index is 0.642. The van der Waals surface area contributed by atoms with E-state index in [0.29, 0.717) is 0 Å². The molecule has 2 heteroatoms. The summed E-state index contributed by atoms with van der Waals surface area (Å²) in [5.41, 5.74) is 1.41. The van der Waals surface area contributed by atoms with E-state index >= 15 is 0 Å². The molecule has 0 fully saturated rings. The van der Waals surface area contributed by atoms with Gasteiger partial charge in [0.05, 0.1) is 0 Å². The summed E-state index contributed by atoms with van der Waals surface area (Å²) >= 11 is 0. The topological polar surface area (TPSA) is 29.4 Å². The van der Waals surface area contributed by atoms with Crippen LogP contribution in [0.15, 0.2) is 29.3 Å². The summed E-state index contributed by atoms with van der Waals surface area (Å²) in [6, 6.07) is 7.78. The highest BCUT2D eigenvalue weighted by atomic mass is 16.1. The molecular weight excluding hydrogens is 150 g/mol. The lowest BCUT2D eigenvalue weighted by molar-refractivity contribution is -0.111. The quantitative estimate of drug-likeness (QED) is 0.571. The first-order valence-electron chi connectivity index (χ1n) is 3.87. The average molecular weight is 159 g/mol. The smallest absolute Gasteiger partial charge is 0.151 e. The van der Waals surface area contributed by atoms with E-state index in [4.69, 9.17) is 0 Å². The van der Waals surface area contributed by atoms with Crippen LogP contribution in [0.4, 0.5) is 0 Å². The van der Waals surface area contributed by atoms with Gasteiger partial charge in [0.15, 0.2) is 6.29 Å². The van der Waals surface area contributed by atoms with Crippen molar-refractivity contribution in [1.29, 1.82) is 0 Å². The molecule has 0 N–H and O–H groups in total. The Labute approximate surface area is 70.9 Å². The highest BCUT2D eigenvalue weighted by Crippen LogP contribution is 2.30. The average Bonchev–Trinajstić information content (AvgIpc) is 2.46. The fourth-order valence-electron chi connectivity index (χ4n) is 1.44. The van der Waals surface area contributed by atoms with Gasteiger partial charge in [0, 0.05) is 6.21 Å². The molecule has 0 saturated heterocycles. The van der Waals surface area contributed by atoms with Crippen molar-refractivity contribution >= 4 is 12.5 Å². The van der Waals surface area contributed by atoms with E-state index in [2.05, 4.69) is 4.99 Å². The van der Waals surface area contributed by atoms with Gasteiger partial charge in [0.25, 0.3) is 0 Å². The van der Waals surface area contributed by atoms with Crippen molar-refractivity contribution in [3.8, 4) is 0 Å². The maximum atomic E-state index is 10.8. The van der Waals surface area contributed by atoms with Gasteiger partial charge in [-0.15, -0.1) is 0 Å². The molecule has 0 radical (unpaired) electrons. The number of carbonyl (C=O) groups is 1. The first-order chi connectivity index (χ1) is 5.76. The lowest BCUT2D eigenvalue weighted by Gasteiger charge is -2.13. The fraction of sp³-hybridized carbons (Fsp3) is 0.200. The Morgan fingerprint density at radius 2 is 2.17 bits per heavy atom. The van der Waals surface area contributed by atoms with E-state index in [1.807, 2.05) is 31.2 Å². The van der Waals surface area contributed by atoms with Crippen molar-refractivity contribution < 1.29 is 4.79 Å². The molecule has 2 rings (SSSR count). The molecule has 1 aromatic carbocycles. The standard InChI is InChI=1S/C10H9NO/c1-10(7-12)9-5-3-2-4-8(9)6-11-10/h2-7H,1H3. The normalized spacial score (nSPS) is 25.4. The molecule has 0 spiro atoms. The minimum atomic E-state index is -0.642. The molecule has 0 aromatic heterocycles. The fourth-order valence-corrected chi connectivity index (χ4v) is 1.44. The highest BCUT2D eigenvalue weighted by molar-refractivity contribution is 5.91. The third kappa shape index (κ3) is 0.811. The summed E-state index contributed by atoms with van der Waals surface area (Å²) in [4.78, 5) is 14.9. The van der Waals surface area contributed by atoms with Crippen LogP contribution < -0.4 is 0 Å². The zero-order valence-electron chi connectivity index (χ0n) is 6.82. The summed E-state index contributed by atoms with van der Waals surface area (Å²) in [5, 5.41) is 0. The predicted octanol–water partition coefficient (Wildman–Crippen LogP) is 1.53. The van der Waals surface area contributed by atoms with Crippen LogP contribution in [0, 0.1) is 0 Å². The summed E-state index contributed by atoms with van der Waals surface area (Å²) in [6.07, 6.45) is 2.64. The monoisotopic (exact) mass is 159 g/mol. The number of aldehydes is 1. The molecule has 2 nitrogen and oxygen atoms in total. The number of benzene rings is 1. The van der Waals surface area contributed by atoms with Crippen LogP contribution in [0.25, 0.3) is 0 Å². The Hall–Kier alpha value is -1.44. The second kappa shape index (κ2) is 2.27. The van der Waals surface area contributed by atoms with E-state index in [-0.39, 0.29) is 0 Å². The summed E-state index contributed by atoms with van der Waals surface area (Å²) in [5.74, 6) is 0. The second-order valence-corrected chi connectivity index (χ2v) is 3.11. The molecule has 0 aliphatic carbocycles. The number of aliphatic imine (C=N–C) groups is 1. The summed E-state index contributed by atoms with van der Waals surface area (Å²) in [6.45, 7) is 1.82. The van der Waals surface area contributed by atoms with Crippen molar-refractivity contribution in [2.45, 2.75) is 12.5 Å². The number of rotatable bonds is 1. The Bertz CT molecular complexity index is 357. The van der Waals surface area contributed by atoms with Crippen LogP contribution in [0.1, 0.15) is 18.1 Å². The molecule has 1 aromatic rings. The maximum absolute atomic E-state index is 10.8. The van der Waals surface area contributed by atoms with Gasteiger partial charge in [-0.2, -0.15) is 0 Å². The third-order valence-corrected chi connectivity index (χ3v) is 2.21. The number of hydrogen-bond acceptors (Lipinski definition) is 2. The second-order valence-electron chi connectivity index (χ2n) is 3.11. The molecule has 12 heavy (non-hydrogen) atoms. The molecule has 0 saturated carbocycles. The summed E-state index contributed by atoms with van der Waals surface area (Å²) in [7, 11) is 0. The Balaban J connectivity index is 2.63. The van der Waals surface area contributed by atoms with Crippen molar-refractivity contribution in [1.82, 2.24) is 0 Å².